The molecule has 1 rings (SSSR count). The summed E-state index contributed by atoms with van der Waals surface area (Å²) in [5.74, 6) is 0.206. The molecule has 0 saturated heterocycles. The van der Waals surface area contributed by atoms with E-state index in [1.54, 1.807) is 0 Å². The van der Waals surface area contributed by atoms with Crippen molar-refractivity contribution in [3.05, 3.63) is 29.3 Å². The largest absolute Gasteiger partial charge is 0.573 e. The van der Waals surface area contributed by atoms with Crippen molar-refractivity contribution in [1.82, 2.24) is 0 Å². The third kappa shape index (κ3) is 5.96. The summed E-state index contributed by atoms with van der Waals surface area (Å²) in [5.41, 5.74) is 7.18. The average molecular weight is 275 g/mol. The number of hydrogen-bond acceptors (Lipinski definition) is 2. The van der Waals surface area contributed by atoms with Crippen LogP contribution in [0, 0.1) is 5.92 Å². The molecule has 0 radical (unpaired) electrons. The maximum Gasteiger partial charge on any atom is 0.573 e. The summed E-state index contributed by atoms with van der Waals surface area (Å²) >= 11 is 0. The van der Waals surface area contributed by atoms with E-state index < -0.39 is 6.36 Å². The molecule has 1 atom stereocenters. The molecule has 0 fully saturated rings. The first-order valence-corrected chi connectivity index (χ1v) is 6.42. The van der Waals surface area contributed by atoms with Crippen LogP contribution in [0.25, 0.3) is 0 Å². The van der Waals surface area contributed by atoms with Gasteiger partial charge < -0.3 is 10.5 Å². The van der Waals surface area contributed by atoms with Gasteiger partial charge in [-0.15, -0.1) is 13.2 Å². The lowest BCUT2D eigenvalue weighted by Gasteiger charge is -2.14. The summed E-state index contributed by atoms with van der Waals surface area (Å²) in [4.78, 5) is 0. The van der Waals surface area contributed by atoms with Crippen LogP contribution in [0.4, 0.5) is 13.2 Å². The maximum atomic E-state index is 12.3. The maximum absolute atomic E-state index is 12.3. The number of nitrogens with two attached hydrogens (primary N) is 1. The Morgan fingerprint density at radius 2 is 1.84 bits per heavy atom. The fraction of sp³-hybridized carbons (Fsp3) is 0.571. The number of hydrogen-bond donors (Lipinski definition) is 1. The zero-order valence-corrected chi connectivity index (χ0v) is 11.3. The van der Waals surface area contributed by atoms with Crippen LogP contribution >= 0.6 is 0 Å². The lowest BCUT2D eigenvalue weighted by atomic mass is 9.96. The van der Waals surface area contributed by atoms with Gasteiger partial charge in [0.15, 0.2) is 0 Å². The molecule has 0 aliphatic rings. The van der Waals surface area contributed by atoms with Crippen molar-refractivity contribution >= 4 is 0 Å². The van der Waals surface area contributed by atoms with Crippen molar-refractivity contribution in [2.24, 2.45) is 11.7 Å². The molecule has 0 heterocycles. The molecule has 19 heavy (non-hydrogen) atoms. The molecule has 108 valence electrons. The van der Waals surface area contributed by atoms with Gasteiger partial charge in [-0.2, -0.15) is 0 Å². The van der Waals surface area contributed by atoms with Gasteiger partial charge in [-0.3, -0.25) is 0 Å². The number of halogens is 3. The van der Waals surface area contributed by atoms with Crippen molar-refractivity contribution in [1.29, 1.82) is 0 Å². The Morgan fingerprint density at radius 1 is 1.21 bits per heavy atom. The molecule has 1 unspecified atom stereocenters. The molecule has 0 saturated carbocycles. The summed E-state index contributed by atoms with van der Waals surface area (Å²) < 4.78 is 40.8. The standard InChI is InChI=1S/C14H20F3NO/c1-3-11-7-12(6-10(2)4-5-18)9-13(8-11)19-14(15,16)17/h7-10H,3-6,18H2,1-2H3. The smallest absolute Gasteiger partial charge is 0.406 e. The number of benzene rings is 1. The van der Waals surface area contributed by atoms with Gasteiger partial charge in [0.2, 0.25) is 0 Å². The van der Waals surface area contributed by atoms with Crippen molar-refractivity contribution in [3.8, 4) is 5.75 Å². The lowest BCUT2D eigenvalue weighted by molar-refractivity contribution is -0.274. The molecular formula is C14H20F3NO. The van der Waals surface area contributed by atoms with Crippen molar-refractivity contribution in [2.75, 3.05) is 6.54 Å². The molecule has 0 bridgehead atoms. The van der Waals surface area contributed by atoms with Crippen LogP contribution in [0.1, 0.15) is 31.4 Å². The first kappa shape index (κ1) is 15.8. The van der Waals surface area contributed by atoms with Crippen LogP contribution in [0.2, 0.25) is 0 Å². The molecule has 5 heteroatoms. The van der Waals surface area contributed by atoms with Gasteiger partial charge >= 0.3 is 6.36 Å². The molecule has 2 N–H and O–H groups in total. The molecule has 0 spiro atoms. The predicted octanol–water partition coefficient (Wildman–Crippen LogP) is 3.68. The monoisotopic (exact) mass is 275 g/mol. The second-order valence-electron chi connectivity index (χ2n) is 4.77. The summed E-state index contributed by atoms with van der Waals surface area (Å²) in [7, 11) is 0. The van der Waals surface area contributed by atoms with Gasteiger partial charge in [-0.05, 0) is 55.0 Å². The van der Waals surface area contributed by atoms with Crippen molar-refractivity contribution < 1.29 is 17.9 Å². The van der Waals surface area contributed by atoms with Gasteiger partial charge in [-0.25, -0.2) is 0 Å². The highest BCUT2D eigenvalue weighted by atomic mass is 19.4. The van der Waals surface area contributed by atoms with E-state index in [0.717, 1.165) is 17.5 Å². The first-order valence-electron chi connectivity index (χ1n) is 6.42. The molecule has 1 aromatic rings. The first-order chi connectivity index (χ1) is 8.84. The van der Waals surface area contributed by atoms with Gasteiger partial charge in [0.1, 0.15) is 5.75 Å². The minimum Gasteiger partial charge on any atom is -0.406 e. The second kappa shape index (κ2) is 6.80. The molecule has 0 aliphatic heterocycles. The minimum absolute atomic E-state index is 0.137. The van der Waals surface area contributed by atoms with Crippen LogP contribution in [-0.4, -0.2) is 12.9 Å². The Balaban J connectivity index is 2.89. The van der Waals surface area contributed by atoms with Gasteiger partial charge in [0.25, 0.3) is 0 Å². The Kier molecular flexibility index (Phi) is 5.66. The van der Waals surface area contributed by atoms with E-state index in [0.29, 0.717) is 25.3 Å². The zero-order chi connectivity index (χ0) is 14.5. The molecular weight excluding hydrogens is 255 g/mol. The van der Waals surface area contributed by atoms with Crippen LogP contribution in [0.5, 0.6) is 5.75 Å². The second-order valence-corrected chi connectivity index (χ2v) is 4.77. The molecule has 0 aliphatic carbocycles. The predicted molar refractivity (Wildman–Crippen MR) is 69.0 cm³/mol. The van der Waals surface area contributed by atoms with Crippen LogP contribution in [0.15, 0.2) is 18.2 Å². The highest BCUT2D eigenvalue weighted by molar-refractivity contribution is 5.35. The summed E-state index contributed by atoms with van der Waals surface area (Å²) in [6.07, 6.45) is -2.41. The molecule has 0 amide bonds. The van der Waals surface area contributed by atoms with Gasteiger partial charge in [0.05, 0.1) is 0 Å². The van der Waals surface area contributed by atoms with Crippen molar-refractivity contribution in [3.63, 3.8) is 0 Å². The molecule has 2 nitrogen and oxygen atoms in total. The highest BCUT2D eigenvalue weighted by Crippen LogP contribution is 2.26. The van der Waals surface area contributed by atoms with E-state index in [9.17, 15) is 13.2 Å². The fourth-order valence-electron chi connectivity index (χ4n) is 2.03. The number of alkyl halides is 3. The highest BCUT2D eigenvalue weighted by Gasteiger charge is 2.31. The Hall–Kier alpha value is -1.23. The van der Waals surface area contributed by atoms with Gasteiger partial charge in [-0.1, -0.05) is 19.9 Å². The molecule has 0 aromatic heterocycles. The quantitative estimate of drug-likeness (QED) is 0.859. The summed E-state index contributed by atoms with van der Waals surface area (Å²) in [6.45, 7) is 4.52. The van der Waals surface area contributed by atoms with E-state index >= 15 is 0 Å². The van der Waals surface area contributed by atoms with Crippen molar-refractivity contribution in [2.45, 2.75) is 39.5 Å². The van der Waals surface area contributed by atoms with E-state index in [4.69, 9.17) is 5.73 Å². The Morgan fingerprint density at radius 3 is 2.37 bits per heavy atom. The third-order valence-electron chi connectivity index (χ3n) is 2.91. The minimum atomic E-state index is -4.65. The van der Waals surface area contributed by atoms with Crippen LogP contribution < -0.4 is 10.5 Å². The lowest BCUT2D eigenvalue weighted by Crippen LogP contribution is -2.17. The van der Waals surface area contributed by atoms with E-state index in [-0.39, 0.29) is 5.75 Å². The summed E-state index contributed by atoms with van der Waals surface area (Å²) in [5, 5.41) is 0. The van der Waals surface area contributed by atoms with E-state index in [1.807, 2.05) is 19.9 Å². The van der Waals surface area contributed by atoms with E-state index in [1.165, 1.54) is 12.1 Å². The fourth-order valence-corrected chi connectivity index (χ4v) is 2.03. The Labute approximate surface area is 111 Å². The number of ether oxygens (including phenoxy) is 1. The topological polar surface area (TPSA) is 35.2 Å². The van der Waals surface area contributed by atoms with Crippen LogP contribution in [0.3, 0.4) is 0 Å². The van der Waals surface area contributed by atoms with Crippen LogP contribution in [-0.2, 0) is 12.8 Å². The zero-order valence-electron chi connectivity index (χ0n) is 11.3. The van der Waals surface area contributed by atoms with Gasteiger partial charge in [0, 0.05) is 0 Å². The number of rotatable bonds is 6. The third-order valence-corrected chi connectivity index (χ3v) is 2.91. The summed E-state index contributed by atoms with van der Waals surface area (Å²) in [6, 6.07) is 4.82. The molecule has 1 aromatic carbocycles. The SMILES string of the molecule is CCc1cc(CC(C)CCN)cc(OC(F)(F)F)c1. The normalized spacial score (nSPS) is 13.4. The Bertz CT molecular complexity index is 404. The number of aryl methyl sites for hydroxylation is 1. The van der Waals surface area contributed by atoms with E-state index in [2.05, 4.69) is 4.74 Å². The average Bonchev–Trinajstić information content (AvgIpc) is 2.26.